The Kier molecular flexibility index (Phi) is 14.1. The Hall–Kier alpha value is -6.04. The number of nitrogens with one attached hydrogen (secondary N) is 3. The molecule has 6 aromatic rings. The molecule has 3 aromatic carbocycles. The molecule has 2 aliphatic rings. The van der Waals surface area contributed by atoms with Crippen molar-refractivity contribution in [3.05, 3.63) is 128 Å². The van der Waals surface area contributed by atoms with Crippen molar-refractivity contribution in [2.24, 2.45) is 4.99 Å². The van der Waals surface area contributed by atoms with E-state index in [0.717, 1.165) is 44.4 Å². The van der Waals surface area contributed by atoms with Crippen LogP contribution in [0.4, 0.5) is 21.6 Å². The van der Waals surface area contributed by atoms with Crippen LogP contribution in [0.1, 0.15) is 56.8 Å². The van der Waals surface area contributed by atoms with E-state index in [4.69, 9.17) is 35.5 Å². The highest BCUT2D eigenvalue weighted by atomic mass is 35.5. The summed E-state index contributed by atoms with van der Waals surface area (Å²) >= 11 is 7.91. The summed E-state index contributed by atoms with van der Waals surface area (Å²) in [5.74, 6) is 1.83. The third kappa shape index (κ3) is 10.3. The summed E-state index contributed by atoms with van der Waals surface area (Å²) in [4.78, 5) is 36.0. The van der Waals surface area contributed by atoms with Crippen molar-refractivity contribution >= 4 is 57.7 Å². The van der Waals surface area contributed by atoms with Gasteiger partial charge in [0.2, 0.25) is 11.8 Å². The molecular weight excluding hydrogens is 859 g/mol. The highest BCUT2D eigenvalue weighted by molar-refractivity contribution is 7.15. The molecule has 0 spiro atoms. The summed E-state index contributed by atoms with van der Waals surface area (Å²) in [5, 5.41) is 19.3. The van der Waals surface area contributed by atoms with Crippen molar-refractivity contribution in [2.75, 3.05) is 68.7 Å². The van der Waals surface area contributed by atoms with E-state index >= 15 is 0 Å². The first-order valence-corrected chi connectivity index (χ1v) is 22.2. The van der Waals surface area contributed by atoms with E-state index in [9.17, 15) is 14.0 Å². The van der Waals surface area contributed by atoms with Gasteiger partial charge in [-0.3, -0.25) is 19.1 Å². The number of aryl methyl sites for hydroxylation is 3. The molecule has 0 radical (unpaired) electrons. The Labute approximate surface area is 379 Å². The number of nitrogens with zero attached hydrogens (tertiary/aromatic N) is 5. The molecule has 3 aromatic heterocycles. The van der Waals surface area contributed by atoms with E-state index in [1.165, 1.54) is 10.9 Å². The SMILES string of the molecule is Cc1cc(NCCOCCOCCOCCOc2ccc(NC(=O)C[C@@H]3N=C(c4ccc(Cl)cc4)c4c(sc(C)c4C)-n4c(C)nnc43)cc2)ncc1-c1cc(F)c2c(c1)CC(=O)N2. The molecule has 8 rings (SSSR count). The van der Waals surface area contributed by atoms with Crippen molar-refractivity contribution < 1.29 is 32.9 Å². The Morgan fingerprint density at radius 2 is 1.62 bits per heavy atom. The topological polar surface area (TPSA) is 163 Å². The lowest BCUT2D eigenvalue weighted by atomic mass is 9.99. The van der Waals surface area contributed by atoms with Crippen LogP contribution in [0, 0.1) is 33.5 Å². The molecule has 332 valence electrons. The predicted molar refractivity (Wildman–Crippen MR) is 246 cm³/mol. The third-order valence-corrected chi connectivity index (χ3v) is 12.3. The first-order chi connectivity index (χ1) is 31.0. The van der Waals surface area contributed by atoms with Gasteiger partial charge in [-0.25, -0.2) is 9.37 Å². The van der Waals surface area contributed by atoms with E-state index in [0.29, 0.717) is 92.0 Å². The normalized spacial score (nSPS) is 14.0. The fourth-order valence-corrected chi connectivity index (χ4v) is 8.92. The molecule has 17 heteroatoms. The van der Waals surface area contributed by atoms with Crippen molar-refractivity contribution in [1.82, 2.24) is 19.7 Å². The molecule has 0 unspecified atom stereocenters. The van der Waals surface area contributed by atoms with Crippen LogP contribution in [0.5, 0.6) is 5.75 Å². The number of hydrogen-bond acceptors (Lipinski definition) is 12. The highest BCUT2D eigenvalue weighted by Crippen LogP contribution is 2.40. The predicted octanol–water partition coefficient (Wildman–Crippen LogP) is 8.37. The van der Waals surface area contributed by atoms with E-state index < -0.39 is 11.9 Å². The molecule has 64 heavy (non-hydrogen) atoms. The molecule has 2 aliphatic heterocycles. The Morgan fingerprint density at radius 1 is 0.906 bits per heavy atom. The van der Waals surface area contributed by atoms with Crippen LogP contribution >= 0.6 is 22.9 Å². The van der Waals surface area contributed by atoms with Crippen molar-refractivity contribution in [1.29, 1.82) is 0 Å². The Balaban J connectivity index is 0.708. The van der Waals surface area contributed by atoms with Crippen LogP contribution in [0.25, 0.3) is 16.1 Å². The summed E-state index contributed by atoms with van der Waals surface area (Å²) in [6, 6.07) is 19.4. The molecule has 5 heterocycles. The molecular formula is C47H48ClFN8O6S. The first kappa shape index (κ1) is 44.6. The van der Waals surface area contributed by atoms with Gasteiger partial charge in [0.25, 0.3) is 0 Å². The number of aliphatic imine (C=N–C) groups is 1. The summed E-state index contributed by atoms with van der Waals surface area (Å²) < 4.78 is 39.4. The minimum Gasteiger partial charge on any atom is -0.491 e. The van der Waals surface area contributed by atoms with Gasteiger partial charge >= 0.3 is 0 Å². The van der Waals surface area contributed by atoms with Crippen LogP contribution in [0.15, 0.2) is 77.9 Å². The molecule has 14 nitrogen and oxygen atoms in total. The molecule has 0 aliphatic carbocycles. The second kappa shape index (κ2) is 20.2. The number of halogens is 2. The van der Waals surface area contributed by atoms with Gasteiger partial charge in [0, 0.05) is 45.0 Å². The first-order valence-electron chi connectivity index (χ1n) is 21.0. The molecule has 0 bridgehead atoms. The largest absolute Gasteiger partial charge is 0.491 e. The molecule has 0 fully saturated rings. The number of hydrogen-bond donors (Lipinski definition) is 3. The van der Waals surface area contributed by atoms with Gasteiger partial charge in [-0.1, -0.05) is 23.7 Å². The van der Waals surface area contributed by atoms with Gasteiger partial charge < -0.3 is 34.9 Å². The van der Waals surface area contributed by atoms with Gasteiger partial charge in [0.15, 0.2) is 5.82 Å². The smallest absolute Gasteiger partial charge is 0.228 e. The summed E-state index contributed by atoms with van der Waals surface area (Å²) in [7, 11) is 0. The fraction of sp³-hybridized carbons (Fsp3) is 0.319. The lowest BCUT2D eigenvalue weighted by Crippen LogP contribution is -2.17. The number of thiophene rings is 1. The number of pyridine rings is 1. The average Bonchev–Trinajstić information content (AvgIpc) is 3.92. The number of anilines is 3. The van der Waals surface area contributed by atoms with Crippen molar-refractivity contribution in [3.63, 3.8) is 0 Å². The zero-order valence-electron chi connectivity index (χ0n) is 35.9. The maximum atomic E-state index is 14.6. The summed E-state index contributed by atoms with van der Waals surface area (Å²) in [5.41, 5.74) is 7.82. The van der Waals surface area contributed by atoms with E-state index in [1.807, 2.05) is 54.8 Å². The number of rotatable bonds is 19. The molecule has 3 N–H and O–H groups in total. The lowest BCUT2D eigenvalue weighted by Gasteiger charge is -2.13. The van der Waals surface area contributed by atoms with E-state index in [1.54, 1.807) is 41.8 Å². The Bertz CT molecular complexity index is 2690. The number of aromatic nitrogens is 4. The Morgan fingerprint density at radius 3 is 2.36 bits per heavy atom. The van der Waals surface area contributed by atoms with Crippen molar-refractivity contribution in [2.45, 2.75) is 46.6 Å². The van der Waals surface area contributed by atoms with Gasteiger partial charge in [0.1, 0.15) is 40.9 Å². The monoisotopic (exact) mass is 906 g/mol. The lowest BCUT2D eigenvalue weighted by molar-refractivity contribution is -0.117. The number of fused-ring (bicyclic) bond motifs is 4. The molecule has 2 amide bonds. The quantitative estimate of drug-likeness (QED) is 0.0674. The fourth-order valence-electron chi connectivity index (χ4n) is 7.58. The number of amides is 2. The summed E-state index contributed by atoms with van der Waals surface area (Å²) in [6.07, 6.45) is 1.94. The minimum atomic E-state index is -0.576. The third-order valence-electron chi connectivity index (χ3n) is 10.9. The standard InChI is InChI=1S/C47H48ClFN8O6S/c1-27-21-40(51-26-37(27)32-22-33-24-41(58)54-44(33)38(49)23-32)50-13-14-60-15-16-61-17-18-62-19-20-63-36-11-9-35(10-12-36)52-42(59)25-39-46-56-55-30(4)57(46)47-43(28(2)29(3)64-47)45(53-39)31-5-7-34(48)8-6-31/h5-12,21-23,26,39H,13-20,24-25H2,1-4H3,(H,50,51)(H,52,59)(H,54,58)/t39-/m0/s1. The maximum absolute atomic E-state index is 14.6. The highest BCUT2D eigenvalue weighted by Gasteiger charge is 2.32. The van der Waals surface area contributed by atoms with Crippen LogP contribution in [0.2, 0.25) is 5.02 Å². The minimum absolute atomic E-state index is 0.0642. The van der Waals surface area contributed by atoms with Crippen LogP contribution < -0.4 is 20.7 Å². The van der Waals surface area contributed by atoms with Gasteiger partial charge in [-0.15, -0.1) is 21.5 Å². The van der Waals surface area contributed by atoms with Gasteiger partial charge in [-0.05, 0) is 105 Å². The van der Waals surface area contributed by atoms with Crippen molar-refractivity contribution in [3.8, 4) is 21.9 Å². The number of ether oxygens (including phenoxy) is 4. The average molecular weight is 907 g/mol. The second-order valence-corrected chi connectivity index (χ2v) is 17.0. The molecule has 0 saturated heterocycles. The van der Waals surface area contributed by atoms with E-state index in [-0.39, 0.29) is 30.3 Å². The second-order valence-electron chi connectivity index (χ2n) is 15.4. The van der Waals surface area contributed by atoms with Gasteiger partial charge in [-0.2, -0.15) is 0 Å². The summed E-state index contributed by atoms with van der Waals surface area (Å²) in [6.45, 7) is 11.5. The van der Waals surface area contributed by atoms with Crippen LogP contribution in [0.3, 0.4) is 0 Å². The number of carbonyl (C=O) groups is 2. The zero-order valence-corrected chi connectivity index (χ0v) is 37.5. The van der Waals surface area contributed by atoms with Crippen LogP contribution in [-0.2, 0) is 30.2 Å². The number of carbonyl (C=O) groups excluding carboxylic acids is 2. The zero-order chi connectivity index (χ0) is 44.7. The molecule has 1 atom stereocenters. The van der Waals surface area contributed by atoms with Crippen LogP contribution in [-0.4, -0.2) is 90.1 Å². The number of benzene rings is 3. The maximum Gasteiger partial charge on any atom is 0.228 e. The molecule has 0 saturated carbocycles. The van der Waals surface area contributed by atoms with Gasteiger partial charge in [0.05, 0.1) is 63.9 Å². The van der Waals surface area contributed by atoms with E-state index in [2.05, 4.69) is 45.0 Å².